The van der Waals surface area contributed by atoms with Gasteiger partial charge in [0.1, 0.15) is 0 Å². The molecule has 22 heavy (non-hydrogen) atoms. The number of hydrogen-bond acceptors (Lipinski definition) is 4. The molecule has 0 saturated heterocycles. The summed E-state index contributed by atoms with van der Waals surface area (Å²) in [6, 6.07) is 0. The van der Waals surface area contributed by atoms with Crippen LogP contribution in [0.1, 0.15) is 78.1 Å². The zero-order valence-corrected chi connectivity index (χ0v) is 14.7. The van der Waals surface area contributed by atoms with Crippen LogP contribution in [0.2, 0.25) is 0 Å². The molecule has 0 aromatic rings. The Labute approximate surface area is 137 Å². The highest BCUT2D eigenvalue weighted by atomic mass is 16.7. The maximum absolute atomic E-state index is 11.6. The molecule has 0 saturated carbocycles. The summed E-state index contributed by atoms with van der Waals surface area (Å²) in [6.45, 7) is 9.18. The largest absolute Gasteiger partial charge is 0.274 e. The van der Waals surface area contributed by atoms with E-state index < -0.39 is 0 Å². The molecule has 0 aromatic heterocycles. The van der Waals surface area contributed by atoms with Gasteiger partial charge >= 0.3 is 0 Å². The van der Waals surface area contributed by atoms with Crippen LogP contribution in [0, 0.1) is 0 Å². The van der Waals surface area contributed by atoms with Crippen LogP contribution in [0.15, 0.2) is 12.7 Å². The Morgan fingerprint density at radius 3 is 1.95 bits per heavy atom. The zero-order valence-electron chi connectivity index (χ0n) is 14.7. The minimum absolute atomic E-state index is 0.121. The van der Waals surface area contributed by atoms with Crippen molar-refractivity contribution < 1.29 is 9.63 Å². The van der Waals surface area contributed by atoms with Gasteiger partial charge in [0.2, 0.25) is 0 Å². The van der Waals surface area contributed by atoms with Gasteiger partial charge in [-0.15, -0.1) is 0 Å². The summed E-state index contributed by atoms with van der Waals surface area (Å²) in [5.74, 6) is 7.88. The molecule has 132 valence electrons. The third-order valence-corrected chi connectivity index (χ3v) is 3.38. The van der Waals surface area contributed by atoms with Crippen LogP contribution in [-0.2, 0) is 9.63 Å². The summed E-state index contributed by atoms with van der Waals surface area (Å²) >= 11 is 0. The Morgan fingerprint density at radius 2 is 1.45 bits per heavy atom. The van der Waals surface area contributed by atoms with Gasteiger partial charge in [0.25, 0.3) is 5.91 Å². The van der Waals surface area contributed by atoms with Crippen LogP contribution in [0.25, 0.3) is 0 Å². The fourth-order valence-corrected chi connectivity index (χ4v) is 2.05. The first-order valence-corrected chi connectivity index (χ1v) is 8.66. The van der Waals surface area contributed by atoms with E-state index in [4.69, 9.17) is 4.84 Å². The van der Waals surface area contributed by atoms with Gasteiger partial charge in [0.15, 0.2) is 0 Å². The Kier molecular flexibility index (Phi) is 21.3. The van der Waals surface area contributed by atoms with Gasteiger partial charge in [-0.2, -0.15) is 0 Å². The highest BCUT2D eigenvalue weighted by Crippen LogP contribution is 2.09. The van der Waals surface area contributed by atoms with Crippen molar-refractivity contribution in [2.75, 3.05) is 13.2 Å². The second-order valence-corrected chi connectivity index (χ2v) is 5.31. The Bertz CT molecular complexity index is 248. The molecule has 0 fully saturated rings. The van der Waals surface area contributed by atoms with E-state index in [0.717, 1.165) is 19.3 Å². The second-order valence-electron chi connectivity index (χ2n) is 5.31. The van der Waals surface area contributed by atoms with E-state index in [1.165, 1.54) is 56.1 Å². The van der Waals surface area contributed by atoms with Crippen molar-refractivity contribution in [3.05, 3.63) is 12.7 Å². The molecule has 0 atom stereocenters. The lowest BCUT2D eigenvalue weighted by atomic mass is 10.1. The molecule has 0 bridgehead atoms. The monoisotopic (exact) mass is 315 g/mol. The third-order valence-electron chi connectivity index (χ3n) is 3.38. The molecule has 0 aliphatic heterocycles. The van der Waals surface area contributed by atoms with Crippen LogP contribution in [0.3, 0.4) is 0 Å². The van der Waals surface area contributed by atoms with Gasteiger partial charge in [-0.1, -0.05) is 71.8 Å². The van der Waals surface area contributed by atoms with Crippen molar-refractivity contribution in [1.29, 1.82) is 0 Å². The summed E-state index contributed by atoms with van der Waals surface area (Å²) < 4.78 is 0. The number of carbonyl (C=O) groups excluding carboxylic acids is 1. The number of amides is 1. The predicted molar refractivity (Wildman–Crippen MR) is 93.8 cm³/mol. The average Bonchev–Trinajstić information content (AvgIpc) is 2.56. The Hall–Kier alpha value is -0.910. The smallest absolute Gasteiger partial charge is 0.269 e. The molecule has 5 heteroatoms. The van der Waals surface area contributed by atoms with Crippen LogP contribution >= 0.6 is 0 Å². The summed E-state index contributed by atoms with van der Waals surface area (Å²) in [5, 5.41) is 1.47. The number of rotatable bonds is 14. The molecule has 0 heterocycles. The highest BCUT2D eigenvalue weighted by molar-refractivity contribution is 5.86. The molecular weight excluding hydrogens is 278 g/mol. The van der Waals surface area contributed by atoms with Crippen molar-refractivity contribution in [2.24, 2.45) is 11.7 Å². The quantitative estimate of drug-likeness (QED) is 0.222. The SMILES string of the molecule is C=CC(=O)N(CCCCCCCCCC)OCCCC.NN. The number of hydrazine groups is 1. The summed E-state index contributed by atoms with van der Waals surface area (Å²) in [7, 11) is 0. The molecule has 4 N–H and O–H groups in total. The summed E-state index contributed by atoms with van der Waals surface area (Å²) in [5.41, 5.74) is 0. The summed E-state index contributed by atoms with van der Waals surface area (Å²) in [4.78, 5) is 17.1. The Balaban J connectivity index is 0. The van der Waals surface area contributed by atoms with Crippen LogP contribution < -0.4 is 11.7 Å². The van der Waals surface area contributed by atoms with Gasteiger partial charge in [0, 0.05) is 6.54 Å². The standard InChI is InChI=1S/C17H33NO2.H4N2/c1-4-7-9-10-11-12-13-14-15-18(17(19)6-3)20-16-8-5-2;1-2/h6H,3-5,7-16H2,1-2H3;1-2H2. The normalized spacial score (nSPS) is 9.82. The van der Waals surface area contributed by atoms with E-state index in [1.54, 1.807) is 0 Å². The number of unbranched alkanes of at least 4 members (excludes halogenated alkanes) is 8. The van der Waals surface area contributed by atoms with E-state index in [0.29, 0.717) is 13.2 Å². The molecule has 5 nitrogen and oxygen atoms in total. The molecule has 0 aromatic carbocycles. The van der Waals surface area contributed by atoms with Crippen molar-refractivity contribution in [1.82, 2.24) is 5.06 Å². The lowest BCUT2D eigenvalue weighted by Crippen LogP contribution is -2.31. The molecule has 0 aliphatic rings. The zero-order chi connectivity index (χ0) is 17.1. The molecule has 0 radical (unpaired) electrons. The first-order chi connectivity index (χ1) is 10.8. The van der Waals surface area contributed by atoms with E-state index in [2.05, 4.69) is 32.1 Å². The van der Waals surface area contributed by atoms with Crippen molar-refractivity contribution in [3.8, 4) is 0 Å². The Morgan fingerprint density at radius 1 is 0.955 bits per heavy atom. The van der Waals surface area contributed by atoms with Gasteiger partial charge in [-0.05, 0) is 18.9 Å². The topological polar surface area (TPSA) is 81.6 Å². The number of nitrogens with two attached hydrogens (primary N) is 2. The molecule has 0 rings (SSSR count). The molecular formula is C17H37N3O2. The van der Waals surface area contributed by atoms with E-state index in [1.807, 2.05) is 0 Å². The number of carbonyl (C=O) groups is 1. The fourth-order valence-electron chi connectivity index (χ4n) is 2.05. The van der Waals surface area contributed by atoms with Crippen molar-refractivity contribution in [2.45, 2.75) is 78.1 Å². The minimum Gasteiger partial charge on any atom is -0.274 e. The third kappa shape index (κ3) is 15.5. The highest BCUT2D eigenvalue weighted by Gasteiger charge is 2.09. The maximum atomic E-state index is 11.6. The van der Waals surface area contributed by atoms with Crippen molar-refractivity contribution >= 4 is 5.91 Å². The number of hydrogen-bond donors (Lipinski definition) is 2. The van der Waals surface area contributed by atoms with E-state index in [9.17, 15) is 4.79 Å². The first kappa shape index (κ1) is 23.4. The van der Waals surface area contributed by atoms with Crippen LogP contribution in [0.4, 0.5) is 0 Å². The van der Waals surface area contributed by atoms with Crippen LogP contribution in [-0.4, -0.2) is 24.1 Å². The van der Waals surface area contributed by atoms with Crippen molar-refractivity contribution in [3.63, 3.8) is 0 Å². The lowest BCUT2D eigenvalue weighted by molar-refractivity contribution is -0.181. The van der Waals surface area contributed by atoms with Gasteiger partial charge in [0.05, 0.1) is 6.61 Å². The summed E-state index contributed by atoms with van der Waals surface area (Å²) in [6.07, 6.45) is 13.5. The van der Waals surface area contributed by atoms with Gasteiger partial charge in [-0.3, -0.25) is 21.3 Å². The number of nitrogens with zero attached hydrogens (tertiary/aromatic N) is 1. The second kappa shape index (κ2) is 20.1. The maximum Gasteiger partial charge on any atom is 0.269 e. The van der Waals surface area contributed by atoms with E-state index in [-0.39, 0.29) is 5.91 Å². The minimum atomic E-state index is -0.121. The molecule has 1 amide bonds. The fraction of sp³-hybridized carbons (Fsp3) is 0.824. The average molecular weight is 316 g/mol. The molecule has 0 spiro atoms. The van der Waals surface area contributed by atoms with Gasteiger partial charge in [-0.25, -0.2) is 5.06 Å². The number of hydroxylamine groups is 2. The molecule has 0 aliphatic carbocycles. The van der Waals surface area contributed by atoms with Gasteiger partial charge < -0.3 is 0 Å². The first-order valence-electron chi connectivity index (χ1n) is 8.66. The lowest BCUT2D eigenvalue weighted by Gasteiger charge is -2.20. The predicted octanol–water partition coefficient (Wildman–Crippen LogP) is 3.69. The molecule has 0 unspecified atom stereocenters. The van der Waals surface area contributed by atoms with E-state index >= 15 is 0 Å². The van der Waals surface area contributed by atoms with Crippen LogP contribution in [0.5, 0.6) is 0 Å².